The van der Waals surface area contributed by atoms with Crippen LogP contribution in [0.25, 0.3) is 84.0 Å². The number of para-hydroxylation sites is 1. The van der Waals surface area contributed by atoms with Crippen molar-refractivity contribution in [2.45, 2.75) is 0 Å². The lowest BCUT2D eigenvalue weighted by Crippen LogP contribution is -2.03. The molecule has 9 rings (SSSR count). The Kier molecular flexibility index (Phi) is 7.78. The molecule has 0 atom stereocenters. The number of fused-ring (bicyclic) bond motifs is 3. The van der Waals surface area contributed by atoms with Crippen LogP contribution in [0.15, 0.2) is 164 Å². The first-order valence-electron chi connectivity index (χ1n) is 17.1. The van der Waals surface area contributed by atoms with Crippen molar-refractivity contribution in [3.05, 3.63) is 175 Å². The molecule has 0 unspecified atom stereocenters. The lowest BCUT2D eigenvalue weighted by atomic mass is 9.99. The summed E-state index contributed by atoms with van der Waals surface area (Å²) < 4.78 is 2.25. The zero-order valence-corrected chi connectivity index (χ0v) is 28.2. The van der Waals surface area contributed by atoms with Crippen LogP contribution in [0, 0.1) is 22.7 Å². The van der Waals surface area contributed by atoms with Gasteiger partial charge < -0.3 is 4.57 Å². The predicted octanol–water partition coefficient (Wildman–Crippen LogP) is 10.4. The van der Waals surface area contributed by atoms with Gasteiger partial charge in [0, 0.05) is 44.9 Å². The van der Waals surface area contributed by atoms with Gasteiger partial charge in [-0.05, 0) is 71.8 Å². The zero-order chi connectivity index (χ0) is 35.7. The second-order valence-corrected chi connectivity index (χ2v) is 12.6. The highest BCUT2D eigenvalue weighted by molar-refractivity contribution is 6.10. The van der Waals surface area contributed by atoms with Gasteiger partial charge in [-0.1, -0.05) is 97.1 Å². The number of benzene rings is 6. The molecule has 0 aliphatic rings. The van der Waals surface area contributed by atoms with Crippen molar-refractivity contribution in [1.29, 1.82) is 10.5 Å². The van der Waals surface area contributed by atoms with Crippen molar-refractivity contribution in [3.63, 3.8) is 0 Å². The van der Waals surface area contributed by atoms with E-state index in [-0.39, 0.29) is 0 Å². The van der Waals surface area contributed by atoms with Crippen molar-refractivity contribution in [3.8, 4) is 74.4 Å². The van der Waals surface area contributed by atoms with E-state index >= 15 is 0 Å². The Hall–Kier alpha value is -7.74. The topological polar surface area (TPSA) is 104 Å². The number of pyridine rings is 1. The number of nitrogens with zero attached hydrogens (tertiary/aromatic N) is 7. The van der Waals surface area contributed by atoms with Crippen molar-refractivity contribution >= 4 is 21.8 Å². The fourth-order valence-corrected chi connectivity index (χ4v) is 6.88. The largest absolute Gasteiger partial charge is 0.309 e. The molecule has 3 heterocycles. The van der Waals surface area contributed by atoms with Gasteiger partial charge in [0.1, 0.15) is 0 Å². The molecule has 6 aromatic carbocycles. The molecule has 246 valence electrons. The molecule has 0 saturated heterocycles. The number of aromatic nitrogens is 5. The van der Waals surface area contributed by atoms with Crippen molar-refractivity contribution in [1.82, 2.24) is 24.5 Å². The van der Waals surface area contributed by atoms with Gasteiger partial charge in [0.15, 0.2) is 17.5 Å². The first-order chi connectivity index (χ1) is 26.2. The molecule has 7 nitrogen and oxygen atoms in total. The van der Waals surface area contributed by atoms with E-state index in [0.717, 1.165) is 66.6 Å². The molecule has 0 spiro atoms. The Morgan fingerprint density at radius 1 is 0.434 bits per heavy atom. The van der Waals surface area contributed by atoms with Gasteiger partial charge >= 0.3 is 0 Å². The minimum atomic E-state index is 0.441. The zero-order valence-electron chi connectivity index (χ0n) is 28.2. The molecular formula is C46H27N7. The fourth-order valence-electron chi connectivity index (χ4n) is 6.88. The standard InChI is InChI=1S/C46H27N7/c47-28-30-23-31(29-48)25-35(24-30)34-18-20-39-38-15-7-8-17-42(38)53(43(39)26-34)36-19-21-37(41-16-9-10-22-49-41)40(27-36)46-51-44(32-11-3-1-4-12-32)50-45(52-46)33-13-5-2-6-14-33/h1-27H. The van der Waals surface area contributed by atoms with Crippen molar-refractivity contribution in [2.75, 3.05) is 0 Å². The summed E-state index contributed by atoms with van der Waals surface area (Å²) in [6.07, 6.45) is 1.79. The summed E-state index contributed by atoms with van der Waals surface area (Å²) in [5.41, 5.74) is 9.78. The van der Waals surface area contributed by atoms with Gasteiger partial charge in [0.05, 0.1) is 40.0 Å². The summed E-state index contributed by atoms with van der Waals surface area (Å²) in [6.45, 7) is 0. The van der Waals surface area contributed by atoms with E-state index in [2.05, 4.69) is 59.2 Å². The van der Waals surface area contributed by atoms with E-state index in [1.54, 1.807) is 12.3 Å². The van der Waals surface area contributed by atoms with Gasteiger partial charge in [0.2, 0.25) is 0 Å². The van der Waals surface area contributed by atoms with E-state index < -0.39 is 0 Å². The third kappa shape index (κ3) is 5.75. The Morgan fingerprint density at radius 2 is 1.06 bits per heavy atom. The maximum Gasteiger partial charge on any atom is 0.164 e. The van der Waals surface area contributed by atoms with E-state index in [1.165, 1.54) is 0 Å². The second-order valence-electron chi connectivity index (χ2n) is 12.6. The van der Waals surface area contributed by atoms with Crippen LogP contribution in [0.1, 0.15) is 11.1 Å². The lowest BCUT2D eigenvalue weighted by Gasteiger charge is -2.15. The molecule has 0 fully saturated rings. The molecule has 7 heteroatoms. The molecule has 9 aromatic rings. The molecule has 0 aliphatic heterocycles. The molecule has 53 heavy (non-hydrogen) atoms. The van der Waals surface area contributed by atoms with E-state index in [1.807, 2.05) is 109 Å². The summed E-state index contributed by atoms with van der Waals surface area (Å²) in [5, 5.41) is 21.6. The third-order valence-electron chi connectivity index (χ3n) is 9.34. The molecule has 0 amide bonds. The Labute approximate surface area is 305 Å². The Morgan fingerprint density at radius 3 is 1.72 bits per heavy atom. The Bertz CT molecular complexity index is 2810. The molecule has 0 saturated carbocycles. The first-order valence-corrected chi connectivity index (χ1v) is 17.1. The van der Waals surface area contributed by atoms with Crippen LogP contribution in [-0.2, 0) is 0 Å². The number of hydrogen-bond acceptors (Lipinski definition) is 6. The average Bonchev–Trinajstić information content (AvgIpc) is 3.57. The molecule has 0 bridgehead atoms. The lowest BCUT2D eigenvalue weighted by molar-refractivity contribution is 1.07. The summed E-state index contributed by atoms with van der Waals surface area (Å²) in [7, 11) is 0. The summed E-state index contributed by atoms with van der Waals surface area (Å²) in [6, 6.07) is 56.4. The maximum absolute atomic E-state index is 9.70. The van der Waals surface area contributed by atoms with Crippen LogP contribution in [0.5, 0.6) is 0 Å². The molecular weight excluding hydrogens is 651 g/mol. The SMILES string of the molecule is N#Cc1cc(C#N)cc(-c2ccc3c4ccccc4n(-c4ccc(-c5ccccn5)c(-c5nc(-c6ccccc6)nc(-c6ccccc6)n5)c4)c3c2)c1. The second kappa shape index (κ2) is 13.2. The maximum atomic E-state index is 9.70. The van der Waals surface area contributed by atoms with Crippen LogP contribution in [0.2, 0.25) is 0 Å². The number of nitriles is 2. The monoisotopic (exact) mass is 677 g/mol. The van der Waals surface area contributed by atoms with Crippen LogP contribution >= 0.6 is 0 Å². The first kappa shape index (κ1) is 31.3. The Balaban J connectivity index is 1.31. The molecule has 0 radical (unpaired) electrons. The average molecular weight is 678 g/mol. The van der Waals surface area contributed by atoms with E-state index in [9.17, 15) is 10.5 Å². The molecule has 0 N–H and O–H groups in total. The quantitative estimate of drug-likeness (QED) is 0.173. The number of rotatable bonds is 6. The van der Waals surface area contributed by atoms with Gasteiger partial charge in [-0.2, -0.15) is 10.5 Å². The highest BCUT2D eigenvalue weighted by Crippen LogP contribution is 2.38. The number of hydrogen-bond donors (Lipinski definition) is 0. The minimum Gasteiger partial charge on any atom is -0.309 e. The van der Waals surface area contributed by atoms with Crippen molar-refractivity contribution < 1.29 is 0 Å². The van der Waals surface area contributed by atoms with Crippen LogP contribution < -0.4 is 0 Å². The smallest absolute Gasteiger partial charge is 0.164 e. The van der Waals surface area contributed by atoms with Gasteiger partial charge in [-0.3, -0.25) is 4.98 Å². The highest BCUT2D eigenvalue weighted by Gasteiger charge is 2.20. The van der Waals surface area contributed by atoms with Crippen LogP contribution in [-0.4, -0.2) is 24.5 Å². The van der Waals surface area contributed by atoms with Crippen molar-refractivity contribution in [2.24, 2.45) is 0 Å². The van der Waals surface area contributed by atoms with E-state index in [0.29, 0.717) is 28.6 Å². The van der Waals surface area contributed by atoms with Crippen LogP contribution in [0.3, 0.4) is 0 Å². The third-order valence-corrected chi connectivity index (χ3v) is 9.34. The summed E-state index contributed by atoms with van der Waals surface area (Å²) in [5.74, 6) is 1.67. The van der Waals surface area contributed by atoms with E-state index in [4.69, 9.17) is 19.9 Å². The molecule has 3 aromatic heterocycles. The summed E-state index contributed by atoms with van der Waals surface area (Å²) >= 11 is 0. The fraction of sp³-hybridized carbons (Fsp3) is 0. The molecule has 0 aliphatic carbocycles. The van der Waals surface area contributed by atoms with Crippen LogP contribution in [0.4, 0.5) is 0 Å². The predicted molar refractivity (Wildman–Crippen MR) is 209 cm³/mol. The van der Waals surface area contributed by atoms with Gasteiger partial charge in [-0.15, -0.1) is 0 Å². The minimum absolute atomic E-state index is 0.441. The van der Waals surface area contributed by atoms with Gasteiger partial charge in [0.25, 0.3) is 0 Å². The van der Waals surface area contributed by atoms with Gasteiger partial charge in [-0.25, -0.2) is 15.0 Å². The summed E-state index contributed by atoms with van der Waals surface area (Å²) in [4.78, 5) is 19.9. The normalized spacial score (nSPS) is 11.0. The highest BCUT2D eigenvalue weighted by atomic mass is 15.0.